The zero-order valence-corrected chi connectivity index (χ0v) is 29.4. The Balaban J connectivity index is 4.22. The number of ether oxygens (including phenoxy) is 2. The van der Waals surface area contributed by atoms with Crippen LogP contribution in [0.3, 0.4) is 0 Å². The first-order valence-electron chi connectivity index (χ1n) is 20.8. The number of carbonyl (C=O) groups is 2. The Labute approximate surface area is 285 Å². The van der Waals surface area contributed by atoms with Crippen molar-refractivity contribution in [2.24, 2.45) is 0 Å². The maximum atomic E-state index is 12.5. The van der Waals surface area contributed by atoms with Gasteiger partial charge in [-0.15, -0.1) is 11.6 Å². The Morgan fingerprint density at radius 2 is 0.977 bits per heavy atom. The van der Waals surface area contributed by atoms with E-state index in [2.05, 4.69) is 38.2 Å². The standard InChI is InChI=1S/C39H71ClO4/c1-3-5-7-9-11-13-15-17-19-21-23-25-27-29-31-33-38(41)43-36-37(35-40)44-39(42)34-32-30-28-26-24-22-20-18-16-14-12-10-8-6-4-2/h11,13,17,19,37H,3-10,12,14-16,18,20-36H2,1-2H3/b13-11+,19-17+/i35D2,36D2,37D. The van der Waals surface area contributed by atoms with Crippen LogP contribution in [0.2, 0.25) is 0 Å². The van der Waals surface area contributed by atoms with Crippen molar-refractivity contribution in [2.75, 3.05) is 12.4 Å². The van der Waals surface area contributed by atoms with Crippen LogP contribution >= 0.6 is 11.6 Å². The molecule has 0 saturated heterocycles. The van der Waals surface area contributed by atoms with E-state index in [0.717, 1.165) is 70.6 Å². The van der Waals surface area contributed by atoms with Gasteiger partial charge in [0, 0.05) is 15.6 Å². The molecular weight excluding hydrogens is 568 g/mol. The van der Waals surface area contributed by atoms with Crippen molar-refractivity contribution >= 4 is 23.5 Å². The molecule has 44 heavy (non-hydrogen) atoms. The summed E-state index contributed by atoms with van der Waals surface area (Å²) in [6.07, 6.45) is 34.2. The molecule has 1 unspecified atom stereocenters. The Morgan fingerprint density at radius 1 is 0.591 bits per heavy atom. The Bertz CT molecular complexity index is 878. The molecule has 0 aromatic heterocycles. The SMILES string of the molecule is [2H]C([2H])(Cl)C([2H])(OC(=O)CCCCCCCCCCCCCCCCC)C([2H])([2H])OC(=O)CCCCCCC/C=C/C/C=C/CCCCC. The van der Waals surface area contributed by atoms with Crippen LogP contribution in [0.5, 0.6) is 0 Å². The number of carbonyl (C=O) groups excluding carboxylic acids is 2. The minimum atomic E-state index is -3.28. The predicted molar refractivity (Wildman–Crippen MR) is 190 cm³/mol. The highest BCUT2D eigenvalue weighted by molar-refractivity contribution is 6.18. The first-order chi connectivity index (χ1) is 23.4. The number of esters is 2. The average Bonchev–Trinajstić information content (AvgIpc) is 3.03. The van der Waals surface area contributed by atoms with E-state index >= 15 is 0 Å². The number of unbranched alkanes of at least 4 members (excludes halogenated alkanes) is 22. The summed E-state index contributed by atoms with van der Waals surface area (Å²) in [7, 11) is 0. The van der Waals surface area contributed by atoms with Crippen LogP contribution in [0.25, 0.3) is 0 Å². The minimum absolute atomic E-state index is 0.0849. The first-order valence-corrected chi connectivity index (χ1v) is 18.7. The topological polar surface area (TPSA) is 52.6 Å². The fourth-order valence-corrected chi connectivity index (χ4v) is 5.18. The minimum Gasteiger partial charge on any atom is -0.462 e. The second-order valence-corrected chi connectivity index (χ2v) is 12.3. The lowest BCUT2D eigenvalue weighted by Crippen LogP contribution is -2.26. The molecule has 0 aliphatic carbocycles. The molecule has 0 aliphatic rings. The third kappa shape index (κ3) is 33.6. The lowest BCUT2D eigenvalue weighted by molar-refractivity contribution is -0.157. The molecule has 5 heteroatoms. The summed E-state index contributed by atoms with van der Waals surface area (Å²) in [6, 6.07) is 0. The second kappa shape index (κ2) is 36.2. The molecule has 0 spiro atoms. The lowest BCUT2D eigenvalue weighted by atomic mass is 10.0. The van der Waals surface area contributed by atoms with Gasteiger partial charge in [0.05, 0.1) is 9.94 Å². The Kier molecular flexibility index (Phi) is 28.0. The third-order valence-corrected chi connectivity index (χ3v) is 8.05. The van der Waals surface area contributed by atoms with Gasteiger partial charge in [-0.2, -0.15) is 0 Å². The number of hydrogen-bond acceptors (Lipinski definition) is 4. The molecule has 258 valence electrons. The normalized spacial score (nSPS) is 15.4. The van der Waals surface area contributed by atoms with Gasteiger partial charge in [0.15, 0.2) is 0 Å². The van der Waals surface area contributed by atoms with E-state index in [9.17, 15) is 9.59 Å². The molecule has 0 amide bonds. The number of halogens is 1. The highest BCUT2D eigenvalue weighted by Crippen LogP contribution is 2.14. The van der Waals surface area contributed by atoms with Gasteiger partial charge in [0.25, 0.3) is 0 Å². The molecule has 0 aromatic carbocycles. The molecule has 0 rings (SSSR count). The summed E-state index contributed by atoms with van der Waals surface area (Å²) in [5, 5.41) is 0. The van der Waals surface area contributed by atoms with Crippen molar-refractivity contribution in [1.29, 1.82) is 0 Å². The van der Waals surface area contributed by atoms with E-state index in [1.54, 1.807) is 0 Å². The molecule has 0 saturated carbocycles. The van der Waals surface area contributed by atoms with Gasteiger partial charge >= 0.3 is 11.9 Å². The number of allylic oxidation sites excluding steroid dienone is 4. The summed E-state index contributed by atoms with van der Waals surface area (Å²) in [4.78, 5) is 24.9. The van der Waals surface area contributed by atoms with Crippen LogP contribution in [0.4, 0.5) is 0 Å². The number of rotatable bonds is 34. The number of hydrogen-bond donors (Lipinski definition) is 0. The highest BCUT2D eigenvalue weighted by atomic mass is 35.5. The average molecular weight is 644 g/mol. The van der Waals surface area contributed by atoms with Crippen molar-refractivity contribution in [1.82, 2.24) is 0 Å². The molecule has 0 heterocycles. The van der Waals surface area contributed by atoms with Gasteiger partial charge in [0.1, 0.15) is 12.6 Å². The Morgan fingerprint density at radius 3 is 1.45 bits per heavy atom. The van der Waals surface area contributed by atoms with Gasteiger partial charge in [-0.05, 0) is 44.9 Å². The van der Waals surface area contributed by atoms with E-state index in [1.165, 1.54) is 83.5 Å². The van der Waals surface area contributed by atoms with Crippen LogP contribution in [0.1, 0.15) is 200 Å². The summed E-state index contributed by atoms with van der Waals surface area (Å²) in [6.45, 7) is 1.17. The molecule has 0 aromatic rings. The van der Waals surface area contributed by atoms with Gasteiger partial charge < -0.3 is 9.47 Å². The Hall–Kier alpha value is -1.29. The van der Waals surface area contributed by atoms with Gasteiger partial charge in [-0.25, -0.2) is 0 Å². The maximum absolute atomic E-state index is 12.5. The van der Waals surface area contributed by atoms with Crippen LogP contribution in [-0.4, -0.2) is 30.4 Å². The summed E-state index contributed by atoms with van der Waals surface area (Å²) in [5.41, 5.74) is 0. The van der Waals surface area contributed by atoms with E-state index in [0.29, 0.717) is 12.8 Å². The summed E-state index contributed by atoms with van der Waals surface area (Å²) in [5.74, 6) is -5.00. The zero-order valence-electron chi connectivity index (χ0n) is 33.6. The molecule has 0 fully saturated rings. The quantitative estimate of drug-likeness (QED) is 0.0303. The van der Waals surface area contributed by atoms with E-state index in [-0.39, 0.29) is 12.8 Å². The zero-order chi connectivity index (χ0) is 36.7. The fraction of sp³-hybridized carbons (Fsp3) is 0.846. The molecule has 0 radical (unpaired) electrons. The van der Waals surface area contributed by atoms with Crippen molar-refractivity contribution in [3.8, 4) is 0 Å². The van der Waals surface area contributed by atoms with Gasteiger partial charge in [0.2, 0.25) is 0 Å². The molecule has 1 atom stereocenters. The highest BCUT2D eigenvalue weighted by Gasteiger charge is 2.16. The van der Waals surface area contributed by atoms with Crippen LogP contribution in [0.15, 0.2) is 24.3 Å². The third-order valence-electron chi connectivity index (χ3n) is 7.88. The molecule has 4 nitrogen and oxygen atoms in total. The van der Waals surface area contributed by atoms with E-state index in [1.807, 2.05) is 0 Å². The van der Waals surface area contributed by atoms with Crippen LogP contribution in [-0.2, 0) is 19.1 Å². The fourth-order valence-electron chi connectivity index (χ4n) is 5.10. The van der Waals surface area contributed by atoms with Gasteiger partial charge in [-0.1, -0.05) is 160 Å². The summed E-state index contributed by atoms with van der Waals surface area (Å²) < 4.78 is 50.2. The first kappa shape index (κ1) is 34.1. The van der Waals surface area contributed by atoms with Crippen LogP contribution < -0.4 is 0 Å². The molecular formula is C39H71ClO4. The van der Waals surface area contributed by atoms with E-state index < -0.39 is 30.4 Å². The summed E-state index contributed by atoms with van der Waals surface area (Å²) >= 11 is 5.73. The number of alkyl halides is 1. The largest absolute Gasteiger partial charge is 0.462 e. The van der Waals surface area contributed by atoms with E-state index in [4.69, 9.17) is 27.9 Å². The van der Waals surface area contributed by atoms with Crippen LogP contribution in [0, 0.1) is 0 Å². The molecule has 0 N–H and O–H groups in total. The van der Waals surface area contributed by atoms with Crippen molar-refractivity contribution in [3.05, 3.63) is 24.3 Å². The lowest BCUT2D eigenvalue weighted by Gasteiger charge is -2.15. The van der Waals surface area contributed by atoms with Crippen molar-refractivity contribution < 1.29 is 25.9 Å². The second-order valence-electron chi connectivity index (χ2n) is 12.2. The molecule has 0 bridgehead atoms. The monoisotopic (exact) mass is 644 g/mol. The molecule has 0 aliphatic heterocycles. The van der Waals surface area contributed by atoms with Gasteiger partial charge in [-0.3, -0.25) is 9.59 Å². The van der Waals surface area contributed by atoms with Crippen molar-refractivity contribution in [2.45, 2.75) is 200 Å². The predicted octanol–water partition coefficient (Wildman–Crippen LogP) is 12.8. The smallest absolute Gasteiger partial charge is 0.306 e. The maximum Gasteiger partial charge on any atom is 0.306 e. The van der Waals surface area contributed by atoms with Crippen molar-refractivity contribution in [3.63, 3.8) is 0 Å².